The van der Waals surface area contributed by atoms with Crippen molar-refractivity contribution in [2.24, 2.45) is 0 Å². The van der Waals surface area contributed by atoms with Crippen LogP contribution in [0.4, 0.5) is 17.3 Å². The number of rotatable bonds is 16. The van der Waals surface area contributed by atoms with Gasteiger partial charge in [-0.25, -0.2) is 14.8 Å². The first kappa shape index (κ1) is 41.1. The van der Waals surface area contributed by atoms with Crippen LogP contribution < -0.4 is 16.0 Å². The Hall–Kier alpha value is -4.66. The number of hydrogen-bond acceptors (Lipinski definition) is 13. The third-order valence-electron chi connectivity index (χ3n) is 9.42. The lowest BCUT2D eigenvalue weighted by atomic mass is 10.1. The van der Waals surface area contributed by atoms with Crippen molar-refractivity contribution in [1.29, 1.82) is 0 Å². The third kappa shape index (κ3) is 12.5. The molecular formula is C39H56N8O6. The second kappa shape index (κ2) is 20.5. The number of esters is 2. The highest BCUT2D eigenvalue weighted by Crippen LogP contribution is 2.33. The van der Waals surface area contributed by atoms with Gasteiger partial charge in [-0.15, -0.1) is 0 Å². The zero-order valence-electron chi connectivity index (χ0n) is 31.9. The van der Waals surface area contributed by atoms with Gasteiger partial charge in [0.2, 0.25) is 11.6 Å². The quantitative estimate of drug-likeness (QED) is 0.113. The van der Waals surface area contributed by atoms with E-state index in [1.807, 2.05) is 26.0 Å². The molecule has 53 heavy (non-hydrogen) atoms. The van der Waals surface area contributed by atoms with Gasteiger partial charge in [0.25, 0.3) is 0 Å². The number of hydrogen-bond donors (Lipinski definition) is 2. The van der Waals surface area contributed by atoms with Crippen LogP contribution in [-0.4, -0.2) is 88.1 Å². The lowest BCUT2D eigenvalue weighted by Gasteiger charge is -2.29. The molecule has 2 unspecified atom stereocenters. The summed E-state index contributed by atoms with van der Waals surface area (Å²) in [7, 11) is 0. The molecule has 3 heterocycles. The summed E-state index contributed by atoms with van der Waals surface area (Å²) in [4.78, 5) is 49.8. The molecule has 3 N–H and O–H groups in total. The summed E-state index contributed by atoms with van der Waals surface area (Å²) in [5, 5.41) is 14.9. The fourth-order valence-corrected chi connectivity index (χ4v) is 6.46. The minimum absolute atomic E-state index is 0.00157. The molecule has 0 amide bonds. The fourth-order valence-electron chi connectivity index (χ4n) is 6.46. The zero-order chi connectivity index (χ0) is 38.3. The standard InChI is InChI=1S/C22H30N6O4.C17H26N2O2/c1-4-32-22(29)15(2)27(21-19(28(30)31)20(23)24-16(3)25-21)14-18-9-7-17(8-10-18)13-26-11-5-6-12-26;1-3-21-17(20)14(2)18-12-15-6-8-16(9-7-15)13-19-10-4-5-11-19/h7-10,15H,4-6,11-14H2,1-3H3,(H2,23,24,25);6-9,14,18H,3-5,10-13H2,1-2H3. The summed E-state index contributed by atoms with van der Waals surface area (Å²) >= 11 is 0. The molecule has 14 heteroatoms. The van der Waals surface area contributed by atoms with Crippen molar-refractivity contribution >= 4 is 29.3 Å². The maximum Gasteiger partial charge on any atom is 0.353 e. The van der Waals surface area contributed by atoms with Crippen LogP contribution in [0.15, 0.2) is 48.5 Å². The molecule has 288 valence electrons. The van der Waals surface area contributed by atoms with Crippen LogP contribution in [0.1, 0.15) is 81.5 Å². The lowest BCUT2D eigenvalue weighted by molar-refractivity contribution is -0.383. The average Bonchev–Trinajstić information content (AvgIpc) is 3.85. The van der Waals surface area contributed by atoms with Gasteiger partial charge in [0.15, 0.2) is 0 Å². The molecule has 0 bridgehead atoms. The Morgan fingerprint density at radius 3 is 1.79 bits per heavy atom. The number of likely N-dealkylation sites (tertiary alicyclic amines) is 2. The Morgan fingerprint density at radius 2 is 1.30 bits per heavy atom. The Morgan fingerprint density at radius 1 is 0.830 bits per heavy atom. The van der Waals surface area contributed by atoms with Crippen LogP contribution in [0.2, 0.25) is 0 Å². The molecule has 1 aromatic heterocycles. The van der Waals surface area contributed by atoms with Crippen molar-refractivity contribution in [3.05, 3.63) is 86.7 Å². The van der Waals surface area contributed by atoms with E-state index in [1.165, 1.54) is 55.5 Å². The molecule has 5 rings (SSSR count). The van der Waals surface area contributed by atoms with Crippen molar-refractivity contribution in [3.63, 3.8) is 0 Å². The number of nitrogen functional groups attached to an aromatic ring is 1. The monoisotopic (exact) mass is 732 g/mol. The topological polar surface area (TPSA) is 169 Å². The van der Waals surface area contributed by atoms with Gasteiger partial charge in [-0.3, -0.25) is 24.7 Å². The number of nitrogens with one attached hydrogen (secondary N) is 1. The van der Waals surface area contributed by atoms with Gasteiger partial charge in [-0.2, -0.15) is 0 Å². The van der Waals surface area contributed by atoms with E-state index in [4.69, 9.17) is 15.2 Å². The fraction of sp³-hybridized carbons (Fsp3) is 0.538. The number of carbonyl (C=O) groups excluding carboxylic acids is 2. The Balaban J connectivity index is 0.000000258. The molecule has 2 aromatic carbocycles. The summed E-state index contributed by atoms with van der Waals surface area (Å²) in [5.41, 5.74) is 10.1. The molecule has 0 radical (unpaired) electrons. The van der Waals surface area contributed by atoms with Crippen molar-refractivity contribution < 1.29 is 24.0 Å². The van der Waals surface area contributed by atoms with Gasteiger partial charge >= 0.3 is 17.6 Å². The molecule has 0 spiro atoms. The van der Waals surface area contributed by atoms with E-state index >= 15 is 0 Å². The summed E-state index contributed by atoms with van der Waals surface area (Å²) in [6.45, 7) is 16.8. The smallest absolute Gasteiger partial charge is 0.353 e. The number of nitrogens with zero attached hydrogens (tertiary/aromatic N) is 6. The molecule has 3 aromatic rings. The van der Waals surface area contributed by atoms with Gasteiger partial charge in [0.05, 0.1) is 18.1 Å². The number of aryl methyl sites for hydroxylation is 1. The largest absolute Gasteiger partial charge is 0.465 e. The predicted molar refractivity (Wildman–Crippen MR) is 205 cm³/mol. The highest BCUT2D eigenvalue weighted by atomic mass is 16.6. The summed E-state index contributed by atoms with van der Waals surface area (Å²) in [6.07, 6.45) is 5.12. The molecule has 14 nitrogen and oxygen atoms in total. The summed E-state index contributed by atoms with van der Waals surface area (Å²) in [5.74, 6) is -0.642. The van der Waals surface area contributed by atoms with Gasteiger partial charge in [0, 0.05) is 26.2 Å². The minimum atomic E-state index is -0.813. The number of nitro groups is 1. The second-order valence-corrected chi connectivity index (χ2v) is 13.6. The maximum absolute atomic E-state index is 12.5. The van der Waals surface area contributed by atoms with E-state index in [2.05, 4.69) is 61.5 Å². The number of ether oxygens (including phenoxy) is 2. The number of benzene rings is 2. The number of aromatic nitrogens is 2. The van der Waals surface area contributed by atoms with Gasteiger partial charge < -0.3 is 25.4 Å². The molecule has 2 aliphatic heterocycles. The van der Waals surface area contributed by atoms with E-state index in [0.29, 0.717) is 13.2 Å². The summed E-state index contributed by atoms with van der Waals surface area (Å²) in [6, 6.07) is 15.6. The van der Waals surface area contributed by atoms with E-state index in [-0.39, 0.29) is 42.6 Å². The predicted octanol–water partition coefficient (Wildman–Crippen LogP) is 5.15. The van der Waals surface area contributed by atoms with E-state index in [0.717, 1.165) is 31.7 Å². The van der Waals surface area contributed by atoms with Gasteiger partial charge in [-0.1, -0.05) is 48.5 Å². The molecule has 2 aliphatic rings. The van der Waals surface area contributed by atoms with Crippen molar-refractivity contribution in [1.82, 2.24) is 25.1 Å². The minimum Gasteiger partial charge on any atom is -0.465 e. The molecule has 2 fully saturated rings. The Bertz CT molecular complexity index is 1630. The maximum atomic E-state index is 12.5. The Labute approximate surface area is 313 Å². The molecule has 2 saturated heterocycles. The molecule has 0 aliphatic carbocycles. The first-order valence-corrected chi connectivity index (χ1v) is 18.7. The first-order valence-electron chi connectivity index (χ1n) is 18.7. The van der Waals surface area contributed by atoms with E-state index < -0.39 is 22.6 Å². The first-order chi connectivity index (χ1) is 25.5. The van der Waals surface area contributed by atoms with Crippen molar-refractivity contribution in [2.75, 3.05) is 50.0 Å². The normalized spacial score (nSPS) is 15.6. The molecule has 2 atom stereocenters. The van der Waals surface area contributed by atoms with Gasteiger partial charge in [0.1, 0.15) is 17.9 Å². The Kier molecular flexibility index (Phi) is 15.9. The van der Waals surface area contributed by atoms with Gasteiger partial charge in [-0.05, 0) is 109 Å². The zero-order valence-corrected chi connectivity index (χ0v) is 31.9. The molecule has 0 saturated carbocycles. The van der Waals surface area contributed by atoms with Crippen LogP contribution in [-0.2, 0) is 45.2 Å². The second-order valence-electron chi connectivity index (χ2n) is 13.6. The van der Waals surface area contributed by atoms with E-state index in [1.54, 1.807) is 25.7 Å². The average molecular weight is 733 g/mol. The van der Waals surface area contributed by atoms with Crippen LogP contribution in [0.3, 0.4) is 0 Å². The van der Waals surface area contributed by atoms with Crippen molar-refractivity contribution in [2.45, 2.75) is 98.6 Å². The lowest BCUT2D eigenvalue weighted by Crippen LogP contribution is -2.41. The highest BCUT2D eigenvalue weighted by Gasteiger charge is 2.33. The van der Waals surface area contributed by atoms with Crippen LogP contribution in [0.5, 0.6) is 0 Å². The number of nitrogens with two attached hydrogens (primary N) is 1. The number of carbonyl (C=O) groups is 2. The molecular weight excluding hydrogens is 676 g/mol. The summed E-state index contributed by atoms with van der Waals surface area (Å²) < 4.78 is 10.1. The highest BCUT2D eigenvalue weighted by molar-refractivity contribution is 5.81. The van der Waals surface area contributed by atoms with Crippen LogP contribution in [0.25, 0.3) is 0 Å². The van der Waals surface area contributed by atoms with Crippen molar-refractivity contribution in [3.8, 4) is 0 Å². The SMILES string of the molecule is CCOC(=O)C(C)N(Cc1ccc(CN2CCCC2)cc1)c1nc(C)nc(N)c1[N+](=O)[O-].CCOC(=O)C(C)NCc1ccc(CN2CCCC2)cc1. The van der Waals surface area contributed by atoms with Crippen LogP contribution >= 0.6 is 0 Å². The van der Waals surface area contributed by atoms with E-state index in [9.17, 15) is 19.7 Å². The third-order valence-corrected chi connectivity index (χ3v) is 9.42. The number of anilines is 2. The van der Waals surface area contributed by atoms with Crippen LogP contribution in [0, 0.1) is 17.0 Å².